The number of amides is 2. The normalized spacial score (nSPS) is 28.6. The average molecular weight is 814 g/mol. The Morgan fingerprint density at radius 2 is 1.94 bits per heavy atom. The van der Waals surface area contributed by atoms with Gasteiger partial charge in [-0.1, -0.05) is 32.0 Å². The van der Waals surface area contributed by atoms with Crippen molar-refractivity contribution in [3.05, 3.63) is 35.9 Å². The van der Waals surface area contributed by atoms with Crippen LogP contribution in [0.1, 0.15) is 45.6 Å². The van der Waals surface area contributed by atoms with E-state index < -0.39 is 0 Å². The van der Waals surface area contributed by atoms with E-state index in [-0.39, 0.29) is 11.6 Å². The number of benzene rings is 1. The van der Waals surface area contributed by atoms with Crippen molar-refractivity contribution in [3.8, 4) is 0 Å². The van der Waals surface area contributed by atoms with Crippen LogP contribution in [0.2, 0.25) is 1.04 Å². The maximum atomic E-state index is 12.7. The molecule has 0 N–H and O–H groups in total. The van der Waals surface area contributed by atoms with Gasteiger partial charge in [0.2, 0.25) is 0 Å². The van der Waals surface area contributed by atoms with Gasteiger partial charge in [0.15, 0.2) is 0 Å². The summed E-state index contributed by atoms with van der Waals surface area (Å²) in [6.45, 7) is 10.0. The molecule has 6 nitrogen and oxygen atoms in total. The van der Waals surface area contributed by atoms with Gasteiger partial charge in [0, 0.05) is 0 Å². The predicted molar refractivity (Wildman–Crippen MR) is 123 cm³/mol. The summed E-state index contributed by atoms with van der Waals surface area (Å²) in [6.07, 6.45) is 2.72. The summed E-state index contributed by atoms with van der Waals surface area (Å²) in [6, 6.07) is 10.9. The molecule has 3 aliphatic rings. The zero-order valence-corrected chi connectivity index (χ0v) is 26.6. The molecular weight excluding hydrogens is 781 g/mol. The van der Waals surface area contributed by atoms with Gasteiger partial charge in [-0.25, -0.2) is 0 Å². The minimum absolute atomic E-state index is 0.149. The van der Waals surface area contributed by atoms with Crippen molar-refractivity contribution in [2.24, 2.45) is 0 Å². The summed E-state index contributed by atoms with van der Waals surface area (Å²) >= 11 is 1.93. The van der Waals surface area contributed by atoms with Gasteiger partial charge in [-0.3, -0.25) is 0 Å². The molecule has 1 aromatic rings. The first-order chi connectivity index (χ1) is 14.9. The van der Waals surface area contributed by atoms with E-state index in [1.165, 1.54) is 0 Å². The third-order valence-corrected chi connectivity index (χ3v) is 8.65. The van der Waals surface area contributed by atoms with Crippen LogP contribution in [0.15, 0.2) is 30.3 Å². The number of carbonyl (C=O) groups is 2. The molecule has 3 heterocycles. The van der Waals surface area contributed by atoms with Crippen LogP contribution in [-0.2, 0) is 16.1 Å². The van der Waals surface area contributed by atoms with E-state index in [2.05, 4.69) is 28.9 Å². The van der Waals surface area contributed by atoms with Gasteiger partial charge in [-0.15, -0.1) is 0 Å². The summed E-state index contributed by atoms with van der Waals surface area (Å²) in [7, 11) is 0. The van der Waals surface area contributed by atoms with Crippen LogP contribution in [0.3, 0.4) is 0 Å². The number of rotatable bonds is 4. The van der Waals surface area contributed by atoms with E-state index in [4.69, 9.17) is 4.74 Å². The number of cyclic esters (lactones) is 1. The van der Waals surface area contributed by atoms with Crippen LogP contribution in [0.5, 0.6) is 0 Å². The van der Waals surface area contributed by atoms with Gasteiger partial charge in [-0.2, -0.15) is 0 Å². The molecule has 6 radical (unpaired) electrons. The summed E-state index contributed by atoms with van der Waals surface area (Å²) in [5, 5.41) is 0. The Hall–Kier alpha value is -0.236. The van der Waals surface area contributed by atoms with E-state index in [9.17, 15) is 9.59 Å². The van der Waals surface area contributed by atoms with Crippen molar-refractivity contribution in [2.45, 2.75) is 65.2 Å². The van der Waals surface area contributed by atoms with Crippen LogP contribution >= 0.6 is 0 Å². The Morgan fingerprint density at radius 3 is 2.61 bits per heavy atom. The number of likely N-dealkylation sites (tertiary alicyclic amines) is 2. The molecule has 3 unspecified atom stereocenters. The molecule has 166 valence electrons. The van der Waals surface area contributed by atoms with Crippen LogP contribution in [0.25, 0.3) is 0 Å². The summed E-state index contributed by atoms with van der Waals surface area (Å²) < 4.78 is 5.74. The third-order valence-electron chi connectivity index (χ3n) is 6.73. The summed E-state index contributed by atoms with van der Waals surface area (Å²) in [4.78, 5) is 31.9. The molecule has 0 bridgehead atoms. The van der Waals surface area contributed by atoms with Gasteiger partial charge in [0.05, 0.1) is 0 Å². The Balaban J connectivity index is 0.00000132. The topological polar surface area (TPSA) is 53.1 Å². The maximum absolute atomic E-state index is 12.7. The van der Waals surface area contributed by atoms with Gasteiger partial charge in [-0.05, 0) is 0 Å². The van der Waals surface area contributed by atoms with Crippen molar-refractivity contribution in [3.63, 3.8) is 0 Å². The minimum atomic E-state index is -0.187. The number of carbonyl (C=O) groups excluding carboxylic acids is 2. The van der Waals surface area contributed by atoms with Crippen LogP contribution < -0.4 is 0 Å². The Morgan fingerprint density at radius 1 is 1.23 bits per heavy atom. The molecular formula is C23H33N3O3Pb2. The van der Waals surface area contributed by atoms with Crippen molar-refractivity contribution in [2.75, 3.05) is 26.2 Å². The van der Waals surface area contributed by atoms with Crippen LogP contribution in [0.4, 0.5) is 4.79 Å². The van der Waals surface area contributed by atoms with E-state index in [1.54, 1.807) is 0 Å². The predicted octanol–water partition coefficient (Wildman–Crippen LogP) is 2.57. The van der Waals surface area contributed by atoms with Crippen LogP contribution in [0, 0.1) is 0 Å². The van der Waals surface area contributed by atoms with Gasteiger partial charge in [0.1, 0.15) is 0 Å². The molecule has 3 saturated heterocycles. The molecule has 0 aromatic heterocycles. The van der Waals surface area contributed by atoms with Gasteiger partial charge < -0.3 is 0 Å². The average Bonchev–Trinajstić information content (AvgIpc) is 3.37. The fraction of sp³-hybridized carbons (Fsp3) is 0.652. The Bertz CT molecular complexity index is 764. The fourth-order valence-electron chi connectivity index (χ4n) is 5.10. The zero-order chi connectivity index (χ0) is 22.6. The Labute approximate surface area is 218 Å². The summed E-state index contributed by atoms with van der Waals surface area (Å²) in [5.41, 5.74) is 0.990. The first-order valence-electron chi connectivity index (χ1n) is 11.3. The Kier molecular flexibility index (Phi) is 9.22. The number of ether oxygens (including phenoxy) is 1. The fourth-order valence-corrected chi connectivity index (χ4v) is 6.39. The third kappa shape index (κ3) is 5.64. The van der Waals surface area contributed by atoms with E-state index in [1.807, 2.05) is 36.9 Å². The molecule has 0 saturated carbocycles. The molecule has 3 fully saturated rings. The van der Waals surface area contributed by atoms with Gasteiger partial charge >= 0.3 is 188 Å². The molecule has 3 aliphatic heterocycles. The van der Waals surface area contributed by atoms with Crippen molar-refractivity contribution in [1.29, 1.82) is 0 Å². The van der Waals surface area contributed by atoms with E-state index in [0.717, 1.165) is 96.0 Å². The monoisotopic (exact) mass is 815 g/mol. The molecule has 1 spiro atoms. The second-order valence-corrected chi connectivity index (χ2v) is 21.8. The number of nitrogens with zero attached hydrogens (tertiary/aromatic N) is 3. The number of hydrogen-bond donors (Lipinski definition) is 0. The van der Waals surface area contributed by atoms with Crippen molar-refractivity contribution in [1.82, 2.24) is 14.7 Å². The molecule has 8 heteroatoms. The first kappa shape index (κ1) is 25.4. The van der Waals surface area contributed by atoms with Crippen molar-refractivity contribution >= 4 is 63.5 Å². The quantitative estimate of drug-likeness (QED) is 0.440. The van der Waals surface area contributed by atoms with E-state index >= 15 is 0 Å². The van der Waals surface area contributed by atoms with E-state index in [0.29, 0.717) is 32.2 Å². The standard InChI is InChI=1S/C21H27N3O3.C2H6.2Pb/c1-16-12-19(14-23(16)17(2)25)22-10-8-21(15-22)9-11-27-20(26)24(21)13-18-6-4-3-5-7-18;1-2;;/h2-7,16,19H,8-15H2,1H3;1-2H3;;. The zero-order valence-electron chi connectivity index (χ0n) is 18.8. The second-order valence-electron chi connectivity index (χ2n) is 8.54. The molecule has 3 atom stereocenters. The van der Waals surface area contributed by atoms with Crippen LogP contribution in [-0.4, -0.2) is 122 Å². The van der Waals surface area contributed by atoms with Crippen molar-refractivity contribution < 1.29 is 14.3 Å². The molecule has 2 amide bonds. The SMILES string of the molecule is CC.CC1CC(N2CCC3(CCOC(=O)N3Cc3ccccc3)C2)CN1C(=O)[CH]([Pb])[Pb]. The summed E-state index contributed by atoms with van der Waals surface area (Å²) in [5.74, 6) is 0.374. The molecule has 0 aliphatic carbocycles. The van der Waals surface area contributed by atoms with Gasteiger partial charge in [0.25, 0.3) is 0 Å². The second kappa shape index (κ2) is 11.3. The molecule has 31 heavy (non-hydrogen) atoms. The first-order valence-corrected chi connectivity index (χ1v) is 15.8. The molecule has 4 rings (SSSR count). The molecule has 1 aromatic carbocycles. The number of hydrogen-bond acceptors (Lipinski definition) is 4.